The van der Waals surface area contributed by atoms with E-state index in [1.54, 1.807) is 0 Å². The lowest BCUT2D eigenvalue weighted by Crippen LogP contribution is -2.15. The van der Waals surface area contributed by atoms with Crippen molar-refractivity contribution in [3.8, 4) is 0 Å². The average molecular weight is 305 g/mol. The highest BCUT2D eigenvalue weighted by molar-refractivity contribution is 5.18. The summed E-state index contributed by atoms with van der Waals surface area (Å²) < 4.78 is 64.5. The number of rotatable bonds is 4. The Hall–Kier alpha value is -1.96. The smallest absolute Gasteiger partial charge is 0.307 e. The van der Waals surface area contributed by atoms with Crippen LogP contribution in [0, 0.1) is 11.6 Å². The van der Waals surface area contributed by atoms with Crippen molar-refractivity contribution in [3.63, 3.8) is 0 Å². The van der Waals surface area contributed by atoms with Gasteiger partial charge in [0.15, 0.2) is 5.69 Å². The van der Waals surface area contributed by atoms with Crippen molar-refractivity contribution in [1.82, 2.24) is 15.1 Å². The lowest BCUT2D eigenvalue weighted by molar-refractivity contribution is -0.141. The molecule has 0 radical (unpaired) electrons. The van der Waals surface area contributed by atoms with Crippen LogP contribution in [0.2, 0.25) is 0 Å². The largest absolute Gasteiger partial charge is 0.435 e. The predicted molar refractivity (Wildman–Crippen MR) is 65.1 cm³/mol. The summed E-state index contributed by atoms with van der Waals surface area (Å²) in [5, 5.41) is 6.18. The molecule has 1 N–H and O–H groups in total. The average Bonchev–Trinajstić information content (AvgIpc) is 2.69. The maximum Gasteiger partial charge on any atom is 0.435 e. The molecule has 0 saturated heterocycles. The fourth-order valence-electron chi connectivity index (χ4n) is 1.86. The summed E-state index contributed by atoms with van der Waals surface area (Å²) in [5.41, 5.74) is -0.288. The maximum absolute atomic E-state index is 13.0. The summed E-state index contributed by atoms with van der Waals surface area (Å²) in [6, 6.07) is 3.99. The van der Waals surface area contributed by atoms with Gasteiger partial charge in [-0.3, -0.25) is 4.68 Å². The Morgan fingerprint density at radius 1 is 1.05 bits per heavy atom. The van der Waals surface area contributed by atoms with Crippen LogP contribution in [0.25, 0.3) is 0 Å². The van der Waals surface area contributed by atoms with Crippen LogP contribution in [-0.4, -0.2) is 9.78 Å². The van der Waals surface area contributed by atoms with Crippen molar-refractivity contribution in [2.24, 2.45) is 7.05 Å². The standard InChI is InChI=1S/C13H12F5N3/c1-21-11(5-12(20-21)13(16,17)18)7-19-6-8-2-9(14)4-10(15)3-8/h2-5,19H,6-7H2,1H3. The molecule has 0 bridgehead atoms. The minimum atomic E-state index is -4.50. The third-order valence-electron chi connectivity index (χ3n) is 2.82. The molecule has 0 atom stereocenters. The van der Waals surface area contributed by atoms with E-state index in [-0.39, 0.29) is 13.1 Å². The van der Waals surface area contributed by atoms with Crippen LogP contribution < -0.4 is 5.32 Å². The lowest BCUT2D eigenvalue weighted by Gasteiger charge is -2.05. The third-order valence-corrected chi connectivity index (χ3v) is 2.82. The van der Waals surface area contributed by atoms with Gasteiger partial charge < -0.3 is 5.32 Å². The van der Waals surface area contributed by atoms with E-state index >= 15 is 0 Å². The highest BCUT2D eigenvalue weighted by atomic mass is 19.4. The van der Waals surface area contributed by atoms with Crippen molar-refractivity contribution in [2.45, 2.75) is 19.3 Å². The Labute approximate surface area is 117 Å². The number of nitrogens with zero attached hydrogens (tertiary/aromatic N) is 2. The quantitative estimate of drug-likeness (QED) is 0.880. The molecule has 8 heteroatoms. The molecule has 0 unspecified atom stereocenters. The number of benzene rings is 1. The van der Waals surface area contributed by atoms with Gasteiger partial charge in [0.05, 0.1) is 5.69 Å². The van der Waals surface area contributed by atoms with Gasteiger partial charge in [0, 0.05) is 26.2 Å². The molecular weight excluding hydrogens is 293 g/mol. The van der Waals surface area contributed by atoms with E-state index in [1.807, 2.05) is 0 Å². The van der Waals surface area contributed by atoms with Crippen molar-refractivity contribution >= 4 is 0 Å². The van der Waals surface area contributed by atoms with Crippen LogP contribution in [0.15, 0.2) is 24.3 Å². The molecule has 2 aromatic rings. The van der Waals surface area contributed by atoms with E-state index in [0.29, 0.717) is 11.3 Å². The Morgan fingerprint density at radius 3 is 2.19 bits per heavy atom. The summed E-state index contributed by atoms with van der Waals surface area (Å²) in [6.45, 7) is 0.221. The zero-order chi connectivity index (χ0) is 15.6. The van der Waals surface area contributed by atoms with Crippen molar-refractivity contribution in [1.29, 1.82) is 0 Å². The van der Waals surface area contributed by atoms with E-state index in [1.165, 1.54) is 7.05 Å². The summed E-state index contributed by atoms with van der Waals surface area (Å²) in [5.74, 6) is -1.40. The van der Waals surface area contributed by atoms with E-state index in [9.17, 15) is 22.0 Å². The van der Waals surface area contributed by atoms with Crippen LogP contribution in [0.5, 0.6) is 0 Å². The van der Waals surface area contributed by atoms with Crippen LogP contribution >= 0.6 is 0 Å². The van der Waals surface area contributed by atoms with Crippen LogP contribution in [0.4, 0.5) is 22.0 Å². The molecular formula is C13H12F5N3. The number of nitrogens with one attached hydrogen (secondary N) is 1. The van der Waals surface area contributed by atoms with Crippen LogP contribution in [-0.2, 0) is 26.3 Å². The van der Waals surface area contributed by atoms with Crippen molar-refractivity contribution < 1.29 is 22.0 Å². The molecule has 0 fully saturated rings. The fourth-order valence-corrected chi connectivity index (χ4v) is 1.86. The topological polar surface area (TPSA) is 29.9 Å². The molecule has 21 heavy (non-hydrogen) atoms. The molecule has 0 aliphatic rings. The molecule has 3 nitrogen and oxygen atoms in total. The first-order chi connectivity index (χ1) is 9.75. The zero-order valence-corrected chi connectivity index (χ0v) is 11.0. The van der Waals surface area contributed by atoms with Crippen molar-refractivity contribution in [2.75, 3.05) is 0 Å². The highest BCUT2D eigenvalue weighted by Gasteiger charge is 2.34. The fraction of sp³-hybridized carbons (Fsp3) is 0.308. The number of alkyl halides is 3. The number of aryl methyl sites for hydroxylation is 1. The summed E-state index contributed by atoms with van der Waals surface area (Å²) in [6.07, 6.45) is -4.50. The Kier molecular flexibility index (Phi) is 4.26. The minimum absolute atomic E-state index is 0.0950. The Bertz CT molecular complexity index is 613. The second kappa shape index (κ2) is 5.80. The van der Waals surface area contributed by atoms with Crippen LogP contribution in [0.1, 0.15) is 17.0 Å². The molecule has 114 valence electrons. The van der Waals surface area contributed by atoms with Gasteiger partial charge in [0.2, 0.25) is 0 Å². The van der Waals surface area contributed by atoms with E-state index in [4.69, 9.17) is 0 Å². The molecule has 2 rings (SSSR count). The first-order valence-corrected chi connectivity index (χ1v) is 6.01. The molecule has 0 amide bonds. The van der Waals surface area contributed by atoms with Gasteiger partial charge in [-0.1, -0.05) is 0 Å². The second-order valence-corrected chi connectivity index (χ2v) is 4.52. The first-order valence-electron chi connectivity index (χ1n) is 6.01. The van der Waals surface area contributed by atoms with Crippen LogP contribution in [0.3, 0.4) is 0 Å². The first kappa shape index (κ1) is 15.4. The monoisotopic (exact) mass is 305 g/mol. The molecule has 0 spiro atoms. The molecule has 1 aromatic carbocycles. The summed E-state index contributed by atoms with van der Waals surface area (Å²) in [4.78, 5) is 0. The van der Waals surface area contributed by atoms with Crippen molar-refractivity contribution in [3.05, 3.63) is 52.9 Å². The summed E-state index contributed by atoms with van der Waals surface area (Å²) >= 11 is 0. The lowest BCUT2D eigenvalue weighted by atomic mass is 10.2. The normalized spacial score (nSPS) is 11.9. The summed E-state index contributed by atoms with van der Waals surface area (Å²) in [7, 11) is 1.40. The second-order valence-electron chi connectivity index (χ2n) is 4.52. The molecule has 0 aliphatic carbocycles. The number of hydrogen-bond donors (Lipinski definition) is 1. The van der Waals surface area contributed by atoms with Gasteiger partial charge in [-0.15, -0.1) is 0 Å². The number of halogens is 5. The zero-order valence-electron chi connectivity index (χ0n) is 11.0. The highest BCUT2D eigenvalue weighted by Crippen LogP contribution is 2.28. The Morgan fingerprint density at radius 2 is 1.67 bits per heavy atom. The molecule has 1 aromatic heterocycles. The van der Waals surface area contributed by atoms with E-state index in [2.05, 4.69) is 10.4 Å². The predicted octanol–water partition coefficient (Wildman–Crippen LogP) is 3.01. The van der Waals surface area contributed by atoms with Gasteiger partial charge in [0.25, 0.3) is 0 Å². The van der Waals surface area contributed by atoms with Gasteiger partial charge in [-0.05, 0) is 23.8 Å². The van der Waals surface area contributed by atoms with Gasteiger partial charge in [0.1, 0.15) is 11.6 Å². The molecule has 0 saturated carbocycles. The molecule has 0 aliphatic heterocycles. The van der Waals surface area contributed by atoms with Gasteiger partial charge >= 0.3 is 6.18 Å². The Balaban J connectivity index is 1.99. The number of aromatic nitrogens is 2. The third kappa shape index (κ3) is 4.01. The molecule has 1 heterocycles. The maximum atomic E-state index is 13.0. The SMILES string of the molecule is Cn1nc(C(F)(F)F)cc1CNCc1cc(F)cc(F)c1. The van der Waals surface area contributed by atoms with Gasteiger partial charge in [-0.2, -0.15) is 18.3 Å². The minimum Gasteiger partial charge on any atom is -0.307 e. The van der Waals surface area contributed by atoms with E-state index < -0.39 is 23.5 Å². The number of hydrogen-bond acceptors (Lipinski definition) is 2. The van der Waals surface area contributed by atoms with Gasteiger partial charge in [-0.25, -0.2) is 8.78 Å². The van der Waals surface area contributed by atoms with E-state index in [0.717, 1.165) is 28.9 Å².